The summed E-state index contributed by atoms with van der Waals surface area (Å²) >= 11 is 0. The SMILES string of the molecule is C/C(=C(\C)C(C)(C)C(C)(C)C)C(C)(C)C(C)(C)C. The van der Waals surface area contributed by atoms with E-state index < -0.39 is 0 Å². The summed E-state index contributed by atoms with van der Waals surface area (Å²) in [7, 11) is 0. The Kier molecular flexibility index (Phi) is 4.62. The Bertz CT molecular complexity index is 290. The van der Waals surface area contributed by atoms with Gasteiger partial charge in [0.1, 0.15) is 0 Å². The van der Waals surface area contributed by atoms with Gasteiger partial charge < -0.3 is 0 Å². The summed E-state index contributed by atoms with van der Waals surface area (Å²) in [6, 6.07) is 0. The van der Waals surface area contributed by atoms with E-state index >= 15 is 0 Å². The highest BCUT2D eigenvalue weighted by Gasteiger charge is 2.40. The lowest BCUT2D eigenvalue weighted by molar-refractivity contribution is 0.149. The highest BCUT2D eigenvalue weighted by Crippen LogP contribution is 2.51. The Hall–Kier alpha value is -0.260. The highest BCUT2D eigenvalue weighted by molar-refractivity contribution is 5.26. The van der Waals surface area contributed by atoms with Crippen LogP contribution in [0.1, 0.15) is 83.1 Å². The van der Waals surface area contributed by atoms with Crippen molar-refractivity contribution in [3.05, 3.63) is 11.1 Å². The molecule has 0 aromatic carbocycles. The van der Waals surface area contributed by atoms with Crippen molar-refractivity contribution >= 4 is 0 Å². The fourth-order valence-electron chi connectivity index (χ4n) is 2.06. The summed E-state index contributed by atoms with van der Waals surface area (Å²) in [5.41, 5.74) is 4.11. The van der Waals surface area contributed by atoms with E-state index in [1.165, 1.54) is 0 Å². The van der Waals surface area contributed by atoms with Gasteiger partial charge in [-0.1, -0.05) is 80.4 Å². The van der Waals surface area contributed by atoms with Crippen LogP contribution in [0.5, 0.6) is 0 Å². The van der Waals surface area contributed by atoms with Crippen LogP contribution >= 0.6 is 0 Å². The lowest BCUT2D eigenvalue weighted by Crippen LogP contribution is -2.36. The van der Waals surface area contributed by atoms with E-state index in [0.717, 1.165) is 0 Å². The van der Waals surface area contributed by atoms with Gasteiger partial charge in [0.2, 0.25) is 0 Å². The number of hydrogen-bond donors (Lipinski definition) is 0. The van der Waals surface area contributed by atoms with Crippen LogP contribution in [0, 0.1) is 21.7 Å². The fraction of sp³-hybridized carbons (Fsp3) is 0.889. The van der Waals surface area contributed by atoms with E-state index in [1.54, 1.807) is 11.1 Å². The molecule has 0 amide bonds. The van der Waals surface area contributed by atoms with Gasteiger partial charge in [0, 0.05) is 0 Å². The molecule has 0 aliphatic heterocycles. The van der Waals surface area contributed by atoms with Crippen molar-refractivity contribution in [3.8, 4) is 0 Å². The van der Waals surface area contributed by atoms with Crippen molar-refractivity contribution in [2.45, 2.75) is 83.1 Å². The van der Waals surface area contributed by atoms with E-state index in [2.05, 4.69) is 83.1 Å². The number of allylic oxidation sites excluding steroid dienone is 2. The van der Waals surface area contributed by atoms with Crippen molar-refractivity contribution in [2.24, 2.45) is 21.7 Å². The molecule has 0 aliphatic rings. The van der Waals surface area contributed by atoms with E-state index in [0.29, 0.717) is 0 Å². The van der Waals surface area contributed by atoms with E-state index in [1.807, 2.05) is 0 Å². The zero-order valence-electron chi connectivity index (χ0n) is 15.0. The van der Waals surface area contributed by atoms with Crippen molar-refractivity contribution in [2.75, 3.05) is 0 Å². The summed E-state index contributed by atoms with van der Waals surface area (Å²) in [6.45, 7) is 28.2. The molecular weight excluding hydrogens is 216 g/mol. The number of hydrogen-bond acceptors (Lipinski definition) is 0. The van der Waals surface area contributed by atoms with Crippen LogP contribution in [0.3, 0.4) is 0 Å². The van der Waals surface area contributed by atoms with Crippen molar-refractivity contribution in [3.63, 3.8) is 0 Å². The van der Waals surface area contributed by atoms with E-state index in [4.69, 9.17) is 0 Å². The predicted octanol–water partition coefficient (Wildman–Crippen LogP) is 6.47. The van der Waals surface area contributed by atoms with Gasteiger partial charge in [-0.25, -0.2) is 0 Å². The smallest absolute Gasteiger partial charge is 0.00962 e. The normalized spacial score (nSPS) is 16.7. The summed E-state index contributed by atoms with van der Waals surface area (Å²) in [5.74, 6) is 0. The molecule has 0 unspecified atom stereocenters. The zero-order valence-corrected chi connectivity index (χ0v) is 15.0. The molecule has 0 aromatic rings. The van der Waals surface area contributed by atoms with Crippen molar-refractivity contribution < 1.29 is 0 Å². The molecule has 0 nitrogen and oxygen atoms in total. The molecular formula is C18H36. The summed E-state index contributed by atoms with van der Waals surface area (Å²) in [6.07, 6.45) is 0. The molecule has 0 heteroatoms. The molecule has 0 fully saturated rings. The molecule has 0 rings (SSSR count). The minimum absolute atomic E-state index is 0.222. The Labute approximate surface area is 116 Å². The first kappa shape index (κ1) is 17.7. The highest BCUT2D eigenvalue weighted by atomic mass is 14.4. The summed E-state index contributed by atoms with van der Waals surface area (Å²) in [4.78, 5) is 0. The van der Waals surface area contributed by atoms with Crippen LogP contribution in [0.2, 0.25) is 0 Å². The van der Waals surface area contributed by atoms with Gasteiger partial charge in [-0.2, -0.15) is 0 Å². The Morgan fingerprint density at radius 2 is 0.611 bits per heavy atom. The monoisotopic (exact) mass is 252 g/mol. The van der Waals surface area contributed by atoms with Crippen molar-refractivity contribution in [1.29, 1.82) is 0 Å². The molecule has 0 bridgehead atoms. The lowest BCUT2D eigenvalue weighted by atomic mass is 9.59. The maximum Gasteiger partial charge on any atom is -0.00962 e. The van der Waals surface area contributed by atoms with Gasteiger partial charge in [0.05, 0.1) is 0 Å². The fourth-order valence-corrected chi connectivity index (χ4v) is 2.06. The minimum atomic E-state index is 0.222. The largest absolute Gasteiger partial charge is 0.0677 e. The first-order valence-corrected chi connectivity index (χ1v) is 7.25. The molecule has 0 atom stereocenters. The lowest BCUT2D eigenvalue weighted by Gasteiger charge is -2.46. The average molecular weight is 252 g/mol. The second-order valence-electron chi connectivity index (χ2n) is 9.00. The maximum absolute atomic E-state index is 2.38. The van der Waals surface area contributed by atoms with Crippen LogP contribution in [-0.4, -0.2) is 0 Å². The second-order valence-corrected chi connectivity index (χ2v) is 9.00. The van der Waals surface area contributed by atoms with Gasteiger partial charge in [0.25, 0.3) is 0 Å². The van der Waals surface area contributed by atoms with Gasteiger partial charge in [-0.3, -0.25) is 0 Å². The van der Waals surface area contributed by atoms with Crippen molar-refractivity contribution in [1.82, 2.24) is 0 Å². The van der Waals surface area contributed by atoms with Crippen LogP contribution in [0.25, 0.3) is 0 Å². The molecule has 0 spiro atoms. The van der Waals surface area contributed by atoms with E-state index in [9.17, 15) is 0 Å². The number of rotatable bonds is 2. The first-order chi connectivity index (χ1) is 7.57. The van der Waals surface area contributed by atoms with E-state index in [-0.39, 0.29) is 21.7 Å². The van der Waals surface area contributed by atoms with Crippen LogP contribution in [-0.2, 0) is 0 Å². The Morgan fingerprint density at radius 3 is 0.722 bits per heavy atom. The van der Waals surface area contributed by atoms with Crippen LogP contribution in [0.15, 0.2) is 11.1 Å². The molecule has 108 valence electrons. The standard InChI is InChI=1S/C18H36/c1-13(17(9,10)15(3,4)5)14(2)18(11,12)16(6,7)8/h1-12H3/b14-13-. The Balaban J connectivity index is 5.81. The third-order valence-electron chi connectivity index (χ3n) is 6.19. The van der Waals surface area contributed by atoms with Gasteiger partial charge in [-0.15, -0.1) is 0 Å². The maximum atomic E-state index is 2.38. The zero-order chi connectivity index (χ0) is 15.2. The summed E-state index contributed by atoms with van der Waals surface area (Å²) < 4.78 is 0. The molecule has 0 radical (unpaired) electrons. The van der Waals surface area contributed by atoms with Crippen LogP contribution < -0.4 is 0 Å². The first-order valence-electron chi connectivity index (χ1n) is 7.25. The van der Waals surface area contributed by atoms with Crippen LogP contribution in [0.4, 0.5) is 0 Å². The molecule has 18 heavy (non-hydrogen) atoms. The predicted molar refractivity (Wildman–Crippen MR) is 84.8 cm³/mol. The third-order valence-corrected chi connectivity index (χ3v) is 6.19. The second kappa shape index (κ2) is 4.69. The molecule has 0 heterocycles. The molecule has 0 aliphatic carbocycles. The summed E-state index contributed by atoms with van der Waals surface area (Å²) in [5, 5.41) is 0. The van der Waals surface area contributed by atoms with Gasteiger partial charge in [0.15, 0.2) is 0 Å². The third kappa shape index (κ3) is 3.00. The molecule has 0 saturated heterocycles. The minimum Gasteiger partial charge on any atom is -0.0677 e. The molecule has 0 saturated carbocycles. The molecule has 0 N–H and O–H groups in total. The Morgan fingerprint density at radius 1 is 0.444 bits per heavy atom. The molecule has 0 aromatic heterocycles. The average Bonchev–Trinajstić information content (AvgIpc) is 2.11. The van der Waals surface area contributed by atoms with Gasteiger partial charge in [-0.05, 0) is 35.5 Å². The van der Waals surface area contributed by atoms with Gasteiger partial charge >= 0.3 is 0 Å². The topological polar surface area (TPSA) is 0 Å². The quantitative estimate of drug-likeness (QED) is 0.494.